The summed E-state index contributed by atoms with van der Waals surface area (Å²) in [6, 6.07) is 3.84. The number of hydrogen-bond acceptors (Lipinski definition) is 6. The van der Waals surface area contributed by atoms with Gasteiger partial charge in [0, 0.05) is 37.6 Å². The number of morpholine rings is 1. The van der Waals surface area contributed by atoms with Crippen molar-refractivity contribution in [1.82, 2.24) is 24.6 Å². The summed E-state index contributed by atoms with van der Waals surface area (Å²) in [5.74, 6) is 1.16. The molecule has 3 rings (SSSR count). The zero-order valence-electron chi connectivity index (χ0n) is 15.5. The highest BCUT2D eigenvalue weighted by Gasteiger charge is 2.31. The minimum absolute atomic E-state index is 0.157. The fraction of sp³-hybridized carbons (Fsp3) is 0.556. The van der Waals surface area contributed by atoms with Crippen molar-refractivity contribution in [3.63, 3.8) is 0 Å². The van der Waals surface area contributed by atoms with Crippen molar-refractivity contribution in [2.75, 3.05) is 26.3 Å². The zero-order chi connectivity index (χ0) is 18.5. The molecule has 1 unspecified atom stereocenters. The maximum Gasteiger partial charge on any atom is 0.236 e. The molecular weight excluding hydrogens is 350 g/mol. The van der Waals surface area contributed by atoms with Gasteiger partial charge in [0.25, 0.3) is 0 Å². The topological polar surface area (TPSA) is 73.1 Å². The maximum atomic E-state index is 13.0. The normalized spacial score (nSPS) is 16.1. The largest absolute Gasteiger partial charge is 0.378 e. The first kappa shape index (κ1) is 18.8. The second-order valence-electron chi connectivity index (χ2n) is 6.51. The Labute approximate surface area is 158 Å². The van der Waals surface area contributed by atoms with Gasteiger partial charge in [0.1, 0.15) is 0 Å². The molecule has 1 amide bonds. The molecular formula is C18H25N5O2S. The van der Waals surface area contributed by atoms with E-state index in [1.807, 2.05) is 17.0 Å². The predicted octanol–water partition coefficient (Wildman–Crippen LogP) is 2.34. The quantitative estimate of drug-likeness (QED) is 0.722. The first-order valence-electron chi connectivity index (χ1n) is 8.98. The van der Waals surface area contributed by atoms with Gasteiger partial charge in [0.2, 0.25) is 5.91 Å². The molecule has 0 saturated carbocycles. The number of carbonyl (C=O) groups is 1. The summed E-state index contributed by atoms with van der Waals surface area (Å²) in [4.78, 5) is 19.0. The smallest absolute Gasteiger partial charge is 0.236 e. The molecule has 0 bridgehead atoms. The molecule has 1 aliphatic heterocycles. The molecule has 3 heterocycles. The van der Waals surface area contributed by atoms with Crippen LogP contribution in [0.5, 0.6) is 0 Å². The summed E-state index contributed by atoms with van der Waals surface area (Å²) in [6.45, 7) is 9.49. The van der Waals surface area contributed by atoms with Gasteiger partial charge in [0.15, 0.2) is 11.0 Å². The number of amides is 1. The van der Waals surface area contributed by atoms with Crippen LogP contribution in [0.2, 0.25) is 0 Å². The van der Waals surface area contributed by atoms with Gasteiger partial charge in [-0.15, -0.1) is 10.2 Å². The van der Waals surface area contributed by atoms with Crippen LogP contribution in [0.4, 0.5) is 0 Å². The van der Waals surface area contributed by atoms with Crippen LogP contribution >= 0.6 is 11.8 Å². The standard InChI is InChI=1S/C18H25N5O2S/c1-4-23-16(14-5-7-19-8-6-14)20-21-18(23)26-15(13(2)3)17(24)22-9-11-25-12-10-22/h5-8,13,15H,4,9-12H2,1-3H3. The highest BCUT2D eigenvalue weighted by Crippen LogP contribution is 2.31. The van der Waals surface area contributed by atoms with Gasteiger partial charge < -0.3 is 14.2 Å². The molecule has 0 spiro atoms. The minimum atomic E-state index is -0.187. The van der Waals surface area contributed by atoms with E-state index < -0.39 is 0 Å². The van der Waals surface area contributed by atoms with Gasteiger partial charge in [-0.3, -0.25) is 9.78 Å². The van der Waals surface area contributed by atoms with Gasteiger partial charge >= 0.3 is 0 Å². The third-order valence-corrected chi connectivity index (χ3v) is 5.89. The number of nitrogens with zero attached hydrogens (tertiary/aromatic N) is 5. The molecule has 1 fully saturated rings. The van der Waals surface area contributed by atoms with Crippen LogP contribution in [0.15, 0.2) is 29.7 Å². The molecule has 7 nitrogen and oxygen atoms in total. The van der Waals surface area contributed by atoms with E-state index in [-0.39, 0.29) is 17.1 Å². The maximum absolute atomic E-state index is 13.0. The molecule has 1 saturated heterocycles. The summed E-state index contributed by atoms with van der Waals surface area (Å²) in [5.41, 5.74) is 0.974. The predicted molar refractivity (Wildman–Crippen MR) is 101 cm³/mol. The average Bonchev–Trinajstić information content (AvgIpc) is 3.09. The van der Waals surface area contributed by atoms with Crippen molar-refractivity contribution in [2.24, 2.45) is 5.92 Å². The van der Waals surface area contributed by atoms with E-state index >= 15 is 0 Å². The van der Waals surface area contributed by atoms with E-state index in [1.165, 1.54) is 11.8 Å². The van der Waals surface area contributed by atoms with Crippen LogP contribution in [-0.2, 0) is 16.1 Å². The van der Waals surface area contributed by atoms with Gasteiger partial charge in [-0.05, 0) is 25.0 Å². The van der Waals surface area contributed by atoms with Gasteiger partial charge in [0.05, 0.1) is 18.5 Å². The molecule has 1 aliphatic rings. The molecule has 1 atom stereocenters. The number of carbonyl (C=O) groups excluding carboxylic acids is 1. The number of rotatable bonds is 6. The van der Waals surface area contributed by atoms with Crippen LogP contribution in [0, 0.1) is 5.92 Å². The minimum Gasteiger partial charge on any atom is -0.378 e. The van der Waals surface area contributed by atoms with Crippen LogP contribution in [-0.4, -0.2) is 62.1 Å². The van der Waals surface area contributed by atoms with Crippen LogP contribution in [0.25, 0.3) is 11.4 Å². The molecule has 26 heavy (non-hydrogen) atoms. The molecule has 2 aromatic heterocycles. The summed E-state index contributed by atoms with van der Waals surface area (Å²) in [6.07, 6.45) is 3.49. The van der Waals surface area contributed by atoms with Crippen molar-refractivity contribution in [2.45, 2.75) is 37.7 Å². The van der Waals surface area contributed by atoms with E-state index in [1.54, 1.807) is 12.4 Å². The highest BCUT2D eigenvalue weighted by atomic mass is 32.2. The van der Waals surface area contributed by atoms with Gasteiger partial charge in [-0.2, -0.15) is 0 Å². The van der Waals surface area contributed by atoms with E-state index in [9.17, 15) is 4.79 Å². The number of hydrogen-bond donors (Lipinski definition) is 0. The number of ether oxygens (including phenoxy) is 1. The van der Waals surface area contributed by atoms with Crippen molar-refractivity contribution in [1.29, 1.82) is 0 Å². The first-order valence-corrected chi connectivity index (χ1v) is 9.86. The number of thioether (sulfide) groups is 1. The highest BCUT2D eigenvalue weighted by molar-refractivity contribution is 8.00. The Hall–Kier alpha value is -1.93. The van der Waals surface area contributed by atoms with E-state index in [2.05, 4.69) is 40.5 Å². The Bertz CT molecular complexity index is 728. The Morgan fingerprint density at radius 2 is 1.92 bits per heavy atom. The molecule has 140 valence electrons. The molecule has 0 aliphatic carbocycles. The summed E-state index contributed by atoms with van der Waals surface area (Å²) >= 11 is 1.51. The Balaban J connectivity index is 1.83. The molecule has 8 heteroatoms. The fourth-order valence-corrected chi connectivity index (χ4v) is 4.10. The van der Waals surface area contributed by atoms with Crippen molar-refractivity contribution < 1.29 is 9.53 Å². The monoisotopic (exact) mass is 375 g/mol. The second-order valence-corrected chi connectivity index (χ2v) is 7.62. The fourth-order valence-electron chi connectivity index (χ4n) is 2.92. The SMILES string of the molecule is CCn1c(SC(C(=O)N2CCOCC2)C(C)C)nnc1-c1ccncc1. The van der Waals surface area contributed by atoms with Crippen LogP contribution < -0.4 is 0 Å². The lowest BCUT2D eigenvalue weighted by Crippen LogP contribution is -2.46. The van der Waals surface area contributed by atoms with Crippen molar-refractivity contribution in [3.8, 4) is 11.4 Å². The van der Waals surface area contributed by atoms with Gasteiger partial charge in [-0.25, -0.2) is 0 Å². The Morgan fingerprint density at radius 3 is 2.54 bits per heavy atom. The van der Waals surface area contributed by atoms with E-state index in [0.717, 1.165) is 23.1 Å². The summed E-state index contributed by atoms with van der Waals surface area (Å²) in [5, 5.41) is 9.32. The van der Waals surface area contributed by atoms with E-state index in [0.29, 0.717) is 26.3 Å². The third-order valence-electron chi connectivity index (χ3n) is 4.38. The Morgan fingerprint density at radius 1 is 1.23 bits per heavy atom. The van der Waals surface area contributed by atoms with E-state index in [4.69, 9.17) is 4.74 Å². The second kappa shape index (κ2) is 8.64. The van der Waals surface area contributed by atoms with Crippen LogP contribution in [0.3, 0.4) is 0 Å². The zero-order valence-corrected chi connectivity index (χ0v) is 16.3. The average molecular weight is 375 g/mol. The molecule has 0 aromatic carbocycles. The van der Waals surface area contributed by atoms with Crippen LogP contribution in [0.1, 0.15) is 20.8 Å². The lowest BCUT2D eigenvalue weighted by molar-refractivity contribution is -0.135. The van der Waals surface area contributed by atoms with Gasteiger partial charge in [-0.1, -0.05) is 25.6 Å². The molecule has 0 radical (unpaired) electrons. The van der Waals surface area contributed by atoms with Crippen molar-refractivity contribution >= 4 is 17.7 Å². The first-order chi connectivity index (χ1) is 12.6. The Kier molecular flexibility index (Phi) is 6.26. The number of pyridine rings is 1. The lowest BCUT2D eigenvalue weighted by atomic mass is 10.1. The third kappa shape index (κ3) is 4.07. The lowest BCUT2D eigenvalue weighted by Gasteiger charge is -2.31. The number of aromatic nitrogens is 4. The molecule has 2 aromatic rings. The summed E-state index contributed by atoms with van der Waals surface area (Å²) in [7, 11) is 0. The molecule has 0 N–H and O–H groups in total. The summed E-state index contributed by atoms with van der Waals surface area (Å²) < 4.78 is 7.42. The van der Waals surface area contributed by atoms with Crippen molar-refractivity contribution in [3.05, 3.63) is 24.5 Å².